The first-order valence-electron chi connectivity index (χ1n) is 10.0. The number of benzene rings is 2. The first-order chi connectivity index (χ1) is 14.5. The standard InChI is InChI=1S/C23H32N4O3.HI/c1-27(2)22(28)17-26-23(24-15-13-18-9-11-20(29-3)12-10-18)25-16-14-19-7-5-6-8-21(19)30-4;/h5-12H,13-17H2,1-4H3,(H2,24,25,26);1H. The lowest BCUT2D eigenvalue weighted by molar-refractivity contribution is -0.127. The molecule has 7 nitrogen and oxygen atoms in total. The van der Waals surface area contributed by atoms with E-state index in [0.717, 1.165) is 29.9 Å². The number of methoxy groups -OCH3 is 2. The third kappa shape index (κ3) is 9.46. The van der Waals surface area contributed by atoms with E-state index in [-0.39, 0.29) is 36.4 Å². The molecule has 2 aromatic carbocycles. The Hall–Kier alpha value is -2.49. The molecule has 0 aliphatic heterocycles. The average Bonchev–Trinajstić information content (AvgIpc) is 2.77. The van der Waals surface area contributed by atoms with Crippen LogP contribution >= 0.6 is 24.0 Å². The van der Waals surface area contributed by atoms with Crippen molar-refractivity contribution in [3.63, 3.8) is 0 Å². The van der Waals surface area contributed by atoms with Crippen LogP contribution in [0.1, 0.15) is 11.1 Å². The molecule has 170 valence electrons. The first kappa shape index (κ1) is 26.5. The van der Waals surface area contributed by atoms with Crippen molar-refractivity contribution >= 4 is 35.8 Å². The van der Waals surface area contributed by atoms with Gasteiger partial charge in [-0.15, -0.1) is 24.0 Å². The maximum absolute atomic E-state index is 11.9. The molecule has 0 atom stereocenters. The van der Waals surface area contributed by atoms with E-state index in [9.17, 15) is 4.79 Å². The maximum atomic E-state index is 11.9. The molecule has 0 saturated heterocycles. The second-order valence-electron chi connectivity index (χ2n) is 6.97. The highest BCUT2D eigenvalue weighted by Gasteiger charge is 2.06. The van der Waals surface area contributed by atoms with Gasteiger partial charge in [-0.2, -0.15) is 0 Å². The number of nitrogens with zero attached hydrogens (tertiary/aromatic N) is 2. The Balaban J connectivity index is 0.00000480. The van der Waals surface area contributed by atoms with Gasteiger partial charge in [-0.3, -0.25) is 4.79 Å². The Morgan fingerprint density at radius 1 is 0.935 bits per heavy atom. The Morgan fingerprint density at radius 3 is 2.19 bits per heavy atom. The Morgan fingerprint density at radius 2 is 1.58 bits per heavy atom. The van der Waals surface area contributed by atoms with Crippen LogP contribution in [-0.4, -0.2) is 64.7 Å². The van der Waals surface area contributed by atoms with Gasteiger partial charge >= 0.3 is 0 Å². The molecule has 0 fully saturated rings. The summed E-state index contributed by atoms with van der Waals surface area (Å²) in [5.74, 6) is 2.28. The van der Waals surface area contributed by atoms with E-state index in [4.69, 9.17) is 9.47 Å². The third-order valence-electron chi connectivity index (χ3n) is 4.62. The molecule has 0 aromatic heterocycles. The second kappa shape index (κ2) is 14.5. The van der Waals surface area contributed by atoms with Crippen molar-refractivity contribution in [2.75, 3.05) is 47.9 Å². The number of carbonyl (C=O) groups excluding carboxylic acids is 1. The van der Waals surface area contributed by atoms with E-state index >= 15 is 0 Å². The van der Waals surface area contributed by atoms with Crippen molar-refractivity contribution in [3.8, 4) is 11.5 Å². The molecular weight excluding hydrogens is 507 g/mol. The van der Waals surface area contributed by atoms with E-state index in [2.05, 4.69) is 15.6 Å². The molecule has 0 spiro atoms. The van der Waals surface area contributed by atoms with Gasteiger partial charge in [0, 0.05) is 27.2 Å². The number of aliphatic imine (C=N–C) groups is 1. The fraction of sp³-hybridized carbons (Fsp3) is 0.391. The lowest BCUT2D eigenvalue weighted by Crippen LogP contribution is -2.40. The third-order valence-corrected chi connectivity index (χ3v) is 4.62. The Kier molecular flexibility index (Phi) is 12.4. The Bertz CT molecular complexity index is 826. The lowest BCUT2D eigenvalue weighted by atomic mass is 10.1. The normalized spacial score (nSPS) is 10.6. The van der Waals surface area contributed by atoms with E-state index in [1.165, 1.54) is 10.5 Å². The first-order valence-corrected chi connectivity index (χ1v) is 10.0. The summed E-state index contributed by atoms with van der Waals surface area (Å²) in [6.45, 7) is 1.47. The minimum atomic E-state index is -0.0454. The number of halogens is 1. The van der Waals surface area contributed by atoms with Gasteiger partial charge in [-0.25, -0.2) is 4.99 Å². The van der Waals surface area contributed by atoms with Crippen molar-refractivity contribution in [2.24, 2.45) is 4.99 Å². The smallest absolute Gasteiger partial charge is 0.243 e. The largest absolute Gasteiger partial charge is 0.497 e. The summed E-state index contributed by atoms with van der Waals surface area (Å²) in [6.07, 6.45) is 1.61. The van der Waals surface area contributed by atoms with Crippen molar-refractivity contribution in [1.82, 2.24) is 15.5 Å². The van der Waals surface area contributed by atoms with Gasteiger partial charge in [0.25, 0.3) is 0 Å². The highest BCUT2D eigenvalue weighted by atomic mass is 127. The van der Waals surface area contributed by atoms with Crippen LogP contribution in [0.4, 0.5) is 0 Å². The van der Waals surface area contributed by atoms with Gasteiger partial charge in [0.05, 0.1) is 14.2 Å². The van der Waals surface area contributed by atoms with Crippen LogP contribution in [0.25, 0.3) is 0 Å². The summed E-state index contributed by atoms with van der Waals surface area (Å²) >= 11 is 0. The number of guanidine groups is 1. The molecule has 2 rings (SSSR count). The summed E-state index contributed by atoms with van der Waals surface area (Å²) in [5, 5.41) is 6.62. The maximum Gasteiger partial charge on any atom is 0.243 e. The topological polar surface area (TPSA) is 75.2 Å². The SMILES string of the molecule is COc1ccc(CCNC(=NCC(=O)N(C)C)NCCc2ccccc2OC)cc1.I. The van der Waals surface area contributed by atoms with Crippen molar-refractivity contribution in [3.05, 3.63) is 59.7 Å². The van der Waals surface area contributed by atoms with Gasteiger partial charge in [-0.1, -0.05) is 30.3 Å². The molecule has 0 heterocycles. The van der Waals surface area contributed by atoms with Crippen LogP contribution in [0.15, 0.2) is 53.5 Å². The molecule has 8 heteroatoms. The van der Waals surface area contributed by atoms with Crippen molar-refractivity contribution in [2.45, 2.75) is 12.8 Å². The number of nitrogens with one attached hydrogen (secondary N) is 2. The zero-order valence-electron chi connectivity index (χ0n) is 18.7. The quantitative estimate of drug-likeness (QED) is 0.276. The van der Waals surface area contributed by atoms with Gasteiger partial charge in [0.2, 0.25) is 5.91 Å². The predicted molar refractivity (Wildman–Crippen MR) is 136 cm³/mol. The monoisotopic (exact) mass is 540 g/mol. The average molecular weight is 540 g/mol. The highest BCUT2D eigenvalue weighted by molar-refractivity contribution is 14.0. The fourth-order valence-corrected chi connectivity index (χ4v) is 2.80. The zero-order chi connectivity index (χ0) is 21.8. The minimum Gasteiger partial charge on any atom is -0.497 e. The van der Waals surface area contributed by atoms with Crippen LogP contribution in [0, 0.1) is 0 Å². The van der Waals surface area contributed by atoms with Crippen LogP contribution in [0.3, 0.4) is 0 Å². The number of amides is 1. The van der Waals surface area contributed by atoms with Crippen LogP contribution in [0.2, 0.25) is 0 Å². The summed E-state index contributed by atoms with van der Waals surface area (Å²) < 4.78 is 10.6. The number of carbonyl (C=O) groups is 1. The molecule has 0 unspecified atom stereocenters. The highest BCUT2D eigenvalue weighted by Crippen LogP contribution is 2.17. The lowest BCUT2D eigenvalue weighted by Gasteiger charge is -2.15. The molecular formula is C23H33IN4O3. The Labute approximate surface area is 202 Å². The van der Waals surface area contributed by atoms with E-state index in [1.54, 1.807) is 28.3 Å². The molecule has 0 radical (unpaired) electrons. The van der Waals surface area contributed by atoms with Crippen LogP contribution < -0.4 is 20.1 Å². The van der Waals surface area contributed by atoms with Gasteiger partial charge in [-0.05, 0) is 42.2 Å². The van der Waals surface area contributed by atoms with Gasteiger partial charge in [0.1, 0.15) is 18.0 Å². The number of hydrogen-bond acceptors (Lipinski definition) is 4. The summed E-state index contributed by atoms with van der Waals surface area (Å²) in [7, 11) is 6.78. The van der Waals surface area contributed by atoms with E-state index in [1.807, 2.05) is 48.5 Å². The number of rotatable bonds is 10. The van der Waals surface area contributed by atoms with Crippen molar-refractivity contribution < 1.29 is 14.3 Å². The molecule has 0 saturated carbocycles. The van der Waals surface area contributed by atoms with E-state index in [0.29, 0.717) is 19.0 Å². The minimum absolute atomic E-state index is 0. The number of hydrogen-bond donors (Lipinski definition) is 2. The number of likely N-dealkylation sites (N-methyl/N-ethyl adjacent to an activating group) is 1. The summed E-state index contributed by atoms with van der Waals surface area (Å²) in [5.41, 5.74) is 2.32. The number of para-hydroxylation sites is 1. The van der Waals surface area contributed by atoms with Gasteiger partial charge in [0.15, 0.2) is 5.96 Å². The molecule has 1 amide bonds. The molecule has 31 heavy (non-hydrogen) atoms. The van der Waals surface area contributed by atoms with E-state index < -0.39 is 0 Å². The summed E-state index contributed by atoms with van der Waals surface area (Å²) in [6, 6.07) is 15.9. The van der Waals surface area contributed by atoms with Crippen LogP contribution in [-0.2, 0) is 17.6 Å². The number of ether oxygens (including phenoxy) is 2. The molecule has 2 N–H and O–H groups in total. The fourth-order valence-electron chi connectivity index (χ4n) is 2.80. The zero-order valence-corrected chi connectivity index (χ0v) is 21.0. The second-order valence-corrected chi connectivity index (χ2v) is 6.97. The molecule has 0 bridgehead atoms. The van der Waals surface area contributed by atoms with Crippen molar-refractivity contribution in [1.29, 1.82) is 0 Å². The predicted octanol–water partition coefficient (Wildman–Crippen LogP) is 2.73. The van der Waals surface area contributed by atoms with Crippen LogP contribution in [0.5, 0.6) is 11.5 Å². The summed E-state index contributed by atoms with van der Waals surface area (Å²) in [4.78, 5) is 17.9. The molecule has 2 aromatic rings. The van der Waals surface area contributed by atoms with Gasteiger partial charge < -0.3 is 25.0 Å². The molecule has 0 aliphatic carbocycles. The molecule has 0 aliphatic rings.